The number of nitrogens with zero attached hydrogens (tertiary/aromatic N) is 1. The van der Waals surface area contributed by atoms with E-state index in [-0.39, 0.29) is 11.9 Å². The summed E-state index contributed by atoms with van der Waals surface area (Å²) in [4.78, 5) is 15.3. The van der Waals surface area contributed by atoms with Gasteiger partial charge in [-0.25, -0.2) is 0 Å². The summed E-state index contributed by atoms with van der Waals surface area (Å²) in [6.07, 6.45) is 7.28. The second kappa shape index (κ2) is 5.50. The third-order valence-electron chi connectivity index (χ3n) is 3.48. The number of rotatable bonds is 4. The van der Waals surface area contributed by atoms with Gasteiger partial charge in [0.05, 0.1) is 6.04 Å². The van der Waals surface area contributed by atoms with Crippen LogP contribution in [0, 0.1) is 5.92 Å². The van der Waals surface area contributed by atoms with Crippen LogP contribution in [0.25, 0.3) is 0 Å². The number of thiophene rings is 1. The molecule has 1 amide bonds. The Morgan fingerprint density at radius 1 is 1.65 bits per heavy atom. The van der Waals surface area contributed by atoms with Crippen LogP contribution in [0.4, 0.5) is 0 Å². The van der Waals surface area contributed by atoms with Crippen LogP contribution in [0.1, 0.15) is 37.1 Å². The van der Waals surface area contributed by atoms with Crippen molar-refractivity contribution < 1.29 is 4.79 Å². The van der Waals surface area contributed by atoms with Crippen LogP contribution in [0.15, 0.2) is 29.7 Å². The first-order valence-electron chi connectivity index (χ1n) is 6.14. The van der Waals surface area contributed by atoms with Crippen molar-refractivity contribution in [2.75, 3.05) is 7.05 Å². The highest BCUT2D eigenvalue weighted by atomic mass is 32.1. The molecule has 1 aromatic rings. The Morgan fingerprint density at radius 2 is 2.47 bits per heavy atom. The smallest absolute Gasteiger partial charge is 0.223 e. The van der Waals surface area contributed by atoms with Gasteiger partial charge in [0.25, 0.3) is 0 Å². The number of amides is 1. The average molecular weight is 249 g/mol. The molecule has 1 aromatic heterocycles. The standard InChI is InChI=1S/C14H19NOS/c1-11(13-8-5-9-17-13)15(2)14(16)10-12-6-3-4-7-12/h3,5-6,8-9,11-12H,4,7,10H2,1-2H3. The third-order valence-corrected chi connectivity index (χ3v) is 4.52. The highest BCUT2D eigenvalue weighted by Gasteiger charge is 2.21. The van der Waals surface area contributed by atoms with Gasteiger partial charge >= 0.3 is 0 Å². The number of carbonyl (C=O) groups excluding carboxylic acids is 1. The molecule has 0 aliphatic heterocycles. The molecule has 0 aromatic carbocycles. The third kappa shape index (κ3) is 2.97. The second-order valence-electron chi connectivity index (χ2n) is 4.67. The van der Waals surface area contributed by atoms with Crippen molar-refractivity contribution in [3.8, 4) is 0 Å². The number of allylic oxidation sites excluding steroid dienone is 2. The molecule has 2 nitrogen and oxygen atoms in total. The molecule has 0 spiro atoms. The average Bonchev–Trinajstić information content (AvgIpc) is 2.99. The summed E-state index contributed by atoms with van der Waals surface area (Å²) in [6.45, 7) is 2.09. The van der Waals surface area contributed by atoms with E-state index in [2.05, 4.69) is 30.5 Å². The van der Waals surface area contributed by atoms with Crippen molar-refractivity contribution in [1.82, 2.24) is 4.90 Å². The lowest BCUT2D eigenvalue weighted by molar-refractivity contribution is -0.132. The minimum Gasteiger partial charge on any atom is -0.338 e. The SMILES string of the molecule is CC(c1cccs1)N(C)C(=O)CC1C=CCC1. The highest BCUT2D eigenvalue weighted by molar-refractivity contribution is 7.10. The molecule has 2 unspecified atom stereocenters. The van der Waals surface area contributed by atoms with Crippen molar-refractivity contribution in [1.29, 1.82) is 0 Å². The molecule has 17 heavy (non-hydrogen) atoms. The molecule has 1 aliphatic rings. The molecule has 3 heteroatoms. The maximum Gasteiger partial charge on any atom is 0.223 e. The summed E-state index contributed by atoms with van der Waals surface area (Å²) in [5.74, 6) is 0.711. The zero-order chi connectivity index (χ0) is 12.3. The minimum atomic E-state index is 0.188. The van der Waals surface area contributed by atoms with Crippen LogP contribution in [0.2, 0.25) is 0 Å². The lowest BCUT2D eigenvalue weighted by atomic mass is 10.0. The van der Waals surface area contributed by atoms with Gasteiger partial charge in [0, 0.05) is 18.3 Å². The maximum absolute atomic E-state index is 12.1. The van der Waals surface area contributed by atoms with Crippen LogP contribution in [0.5, 0.6) is 0 Å². The van der Waals surface area contributed by atoms with Crippen molar-refractivity contribution in [2.24, 2.45) is 5.92 Å². The summed E-state index contributed by atoms with van der Waals surface area (Å²) in [5, 5.41) is 2.06. The fourth-order valence-corrected chi connectivity index (χ4v) is 3.00. The molecule has 0 saturated carbocycles. The van der Waals surface area contributed by atoms with E-state index in [0.29, 0.717) is 12.3 Å². The van der Waals surface area contributed by atoms with E-state index in [1.165, 1.54) is 4.88 Å². The van der Waals surface area contributed by atoms with Gasteiger partial charge in [0.15, 0.2) is 0 Å². The Hall–Kier alpha value is -1.09. The van der Waals surface area contributed by atoms with Gasteiger partial charge in [-0.05, 0) is 37.1 Å². The number of hydrogen-bond donors (Lipinski definition) is 0. The van der Waals surface area contributed by atoms with E-state index < -0.39 is 0 Å². The molecular weight excluding hydrogens is 230 g/mol. The number of carbonyl (C=O) groups is 1. The summed E-state index contributed by atoms with van der Waals surface area (Å²) in [7, 11) is 1.91. The van der Waals surface area contributed by atoms with Crippen molar-refractivity contribution in [3.63, 3.8) is 0 Å². The fraction of sp³-hybridized carbons (Fsp3) is 0.500. The van der Waals surface area contributed by atoms with Crippen LogP contribution < -0.4 is 0 Å². The van der Waals surface area contributed by atoms with Gasteiger partial charge in [-0.2, -0.15) is 0 Å². The molecule has 0 saturated heterocycles. The molecule has 1 aliphatic carbocycles. The first-order valence-corrected chi connectivity index (χ1v) is 7.02. The summed E-state index contributed by atoms with van der Waals surface area (Å²) >= 11 is 1.71. The van der Waals surface area contributed by atoms with E-state index in [4.69, 9.17) is 0 Å². The van der Waals surface area contributed by atoms with Gasteiger partial charge in [0.2, 0.25) is 5.91 Å². The molecular formula is C14H19NOS. The second-order valence-corrected chi connectivity index (χ2v) is 5.65. The predicted octanol–water partition coefficient (Wildman–Crippen LogP) is 3.62. The van der Waals surface area contributed by atoms with E-state index in [1.54, 1.807) is 11.3 Å². The van der Waals surface area contributed by atoms with Gasteiger partial charge in [0.1, 0.15) is 0 Å². The van der Waals surface area contributed by atoms with Gasteiger partial charge in [-0.15, -0.1) is 11.3 Å². The van der Waals surface area contributed by atoms with E-state index in [0.717, 1.165) is 12.8 Å². The Morgan fingerprint density at radius 3 is 3.06 bits per heavy atom. The topological polar surface area (TPSA) is 20.3 Å². The highest BCUT2D eigenvalue weighted by Crippen LogP contribution is 2.26. The Balaban J connectivity index is 1.92. The summed E-state index contributed by atoms with van der Waals surface area (Å²) in [5.41, 5.74) is 0. The fourth-order valence-electron chi connectivity index (χ4n) is 2.17. The molecule has 1 heterocycles. The summed E-state index contributed by atoms with van der Waals surface area (Å²) in [6, 6.07) is 4.32. The quantitative estimate of drug-likeness (QED) is 0.746. The van der Waals surface area contributed by atoms with Crippen LogP contribution >= 0.6 is 11.3 Å². The molecule has 0 N–H and O–H groups in total. The van der Waals surface area contributed by atoms with Crippen molar-refractivity contribution in [3.05, 3.63) is 34.5 Å². The van der Waals surface area contributed by atoms with Crippen LogP contribution in [-0.2, 0) is 4.79 Å². The van der Waals surface area contributed by atoms with Gasteiger partial charge < -0.3 is 4.90 Å². The minimum absolute atomic E-state index is 0.188. The van der Waals surface area contributed by atoms with Crippen molar-refractivity contribution in [2.45, 2.75) is 32.2 Å². The normalized spacial score (nSPS) is 20.5. The zero-order valence-corrected chi connectivity index (χ0v) is 11.2. The molecule has 0 bridgehead atoms. The van der Waals surface area contributed by atoms with E-state index in [1.807, 2.05) is 18.0 Å². The van der Waals surface area contributed by atoms with Crippen LogP contribution in [-0.4, -0.2) is 17.9 Å². The summed E-state index contributed by atoms with van der Waals surface area (Å²) < 4.78 is 0. The molecule has 0 radical (unpaired) electrons. The maximum atomic E-state index is 12.1. The lowest BCUT2D eigenvalue weighted by Gasteiger charge is -2.25. The first kappa shape index (κ1) is 12.4. The van der Waals surface area contributed by atoms with E-state index in [9.17, 15) is 4.79 Å². The number of hydrogen-bond acceptors (Lipinski definition) is 2. The largest absolute Gasteiger partial charge is 0.338 e. The van der Waals surface area contributed by atoms with Gasteiger partial charge in [-0.3, -0.25) is 4.79 Å². The van der Waals surface area contributed by atoms with Crippen molar-refractivity contribution >= 4 is 17.2 Å². The first-order chi connectivity index (χ1) is 8.18. The van der Waals surface area contributed by atoms with Gasteiger partial charge in [-0.1, -0.05) is 18.2 Å². The zero-order valence-electron chi connectivity index (χ0n) is 10.4. The molecule has 92 valence electrons. The Labute approximate surface area is 107 Å². The Kier molecular flexibility index (Phi) is 4.00. The molecule has 2 rings (SSSR count). The lowest BCUT2D eigenvalue weighted by Crippen LogP contribution is -2.30. The van der Waals surface area contributed by atoms with E-state index >= 15 is 0 Å². The molecule has 0 fully saturated rings. The monoisotopic (exact) mass is 249 g/mol. The molecule has 2 atom stereocenters. The predicted molar refractivity (Wildman–Crippen MR) is 72.0 cm³/mol. The Bertz CT molecular complexity index is 396. The van der Waals surface area contributed by atoms with Crippen LogP contribution in [0.3, 0.4) is 0 Å².